The summed E-state index contributed by atoms with van der Waals surface area (Å²) in [6, 6.07) is 0. The molecule has 0 bridgehead atoms. The Bertz CT molecular complexity index is 304. The van der Waals surface area contributed by atoms with Crippen LogP contribution in [0.5, 0.6) is 0 Å². The smallest absolute Gasteiger partial charge is 0.308 e. The Morgan fingerprint density at radius 3 is 1.23 bits per heavy atom. The molecule has 0 N–H and O–H groups in total. The molecule has 0 rings (SSSR count). The number of rotatable bonds is 9. The van der Waals surface area contributed by atoms with Crippen LogP contribution < -0.4 is 0 Å². The molecular formula is C16H30O6. The molecule has 6 nitrogen and oxygen atoms in total. The monoisotopic (exact) mass is 318 g/mol. The second-order valence-corrected chi connectivity index (χ2v) is 6.90. The van der Waals surface area contributed by atoms with Crippen molar-refractivity contribution in [1.82, 2.24) is 0 Å². The fourth-order valence-electron chi connectivity index (χ4n) is 1.42. The lowest BCUT2D eigenvalue weighted by Crippen LogP contribution is -2.25. The molecule has 0 aliphatic carbocycles. The van der Waals surface area contributed by atoms with Crippen molar-refractivity contribution in [2.75, 3.05) is 26.4 Å². The van der Waals surface area contributed by atoms with Crippen molar-refractivity contribution in [2.24, 2.45) is 0 Å². The Hall–Kier alpha value is -1.14. The van der Waals surface area contributed by atoms with Crippen LogP contribution in [0.3, 0.4) is 0 Å². The molecule has 0 aliphatic rings. The lowest BCUT2D eigenvalue weighted by molar-refractivity contribution is -0.157. The molecule has 0 fully saturated rings. The number of ether oxygens (including phenoxy) is 4. The summed E-state index contributed by atoms with van der Waals surface area (Å²) in [5, 5.41) is 0. The molecule has 0 unspecified atom stereocenters. The first-order chi connectivity index (χ1) is 9.99. The molecule has 0 radical (unpaired) electrons. The zero-order chi connectivity index (χ0) is 17.2. The van der Waals surface area contributed by atoms with E-state index in [0.717, 1.165) is 0 Å². The Morgan fingerprint density at radius 2 is 0.955 bits per heavy atom. The van der Waals surface area contributed by atoms with Crippen LogP contribution in [-0.4, -0.2) is 49.6 Å². The highest BCUT2D eigenvalue weighted by Gasteiger charge is 2.16. The van der Waals surface area contributed by atoms with Gasteiger partial charge in [0, 0.05) is 0 Å². The number of esters is 2. The van der Waals surface area contributed by atoms with Gasteiger partial charge in [0.2, 0.25) is 0 Å². The maximum atomic E-state index is 11.4. The predicted octanol–water partition coefficient (Wildman–Crippen LogP) is 2.48. The molecule has 0 aromatic heterocycles. The number of hydrogen-bond donors (Lipinski definition) is 0. The van der Waals surface area contributed by atoms with Gasteiger partial charge in [-0.05, 0) is 41.5 Å². The molecule has 0 saturated heterocycles. The third-order valence-electron chi connectivity index (χ3n) is 2.11. The number of carbonyl (C=O) groups excluding carboxylic acids is 2. The Kier molecular flexibility index (Phi) is 9.28. The maximum absolute atomic E-state index is 11.4. The van der Waals surface area contributed by atoms with Gasteiger partial charge in [-0.25, -0.2) is 0 Å². The van der Waals surface area contributed by atoms with E-state index in [2.05, 4.69) is 0 Å². The van der Waals surface area contributed by atoms with Gasteiger partial charge in [-0.15, -0.1) is 0 Å². The summed E-state index contributed by atoms with van der Waals surface area (Å²) >= 11 is 0. The van der Waals surface area contributed by atoms with Gasteiger partial charge in [0.15, 0.2) is 0 Å². The van der Waals surface area contributed by atoms with Crippen LogP contribution >= 0.6 is 0 Å². The molecule has 22 heavy (non-hydrogen) atoms. The van der Waals surface area contributed by atoms with Gasteiger partial charge in [-0.2, -0.15) is 0 Å². The third-order valence-corrected chi connectivity index (χ3v) is 2.11. The van der Waals surface area contributed by atoms with E-state index in [1.54, 1.807) is 0 Å². The predicted molar refractivity (Wildman–Crippen MR) is 82.6 cm³/mol. The molecule has 0 saturated carbocycles. The van der Waals surface area contributed by atoms with Gasteiger partial charge in [-0.3, -0.25) is 9.59 Å². The van der Waals surface area contributed by atoms with Crippen molar-refractivity contribution in [1.29, 1.82) is 0 Å². The van der Waals surface area contributed by atoms with Crippen LogP contribution in [0.2, 0.25) is 0 Å². The van der Waals surface area contributed by atoms with Crippen LogP contribution in [0.25, 0.3) is 0 Å². The Morgan fingerprint density at radius 1 is 0.636 bits per heavy atom. The van der Waals surface area contributed by atoms with Crippen molar-refractivity contribution < 1.29 is 28.5 Å². The van der Waals surface area contributed by atoms with E-state index in [4.69, 9.17) is 18.9 Å². The van der Waals surface area contributed by atoms with Crippen molar-refractivity contribution in [3.63, 3.8) is 0 Å². The van der Waals surface area contributed by atoms with E-state index in [1.807, 2.05) is 41.5 Å². The Balaban J connectivity index is 3.45. The van der Waals surface area contributed by atoms with E-state index in [-0.39, 0.29) is 24.8 Å². The Labute approximate surface area is 133 Å². The molecule has 0 heterocycles. The summed E-state index contributed by atoms with van der Waals surface area (Å²) in [5.41, 5.74) is -0.941. The normalized spacial score (nSPS) is 12.1. The second kappa shape index (κ2) is 9.79. The molecule has 0 atom stereocenters. The lowest BCUT2D eigenvalue weighted by atomic mass is 10.2. The summed E-state index contributed by atoms with van der Waals surface area (Å²) in [6.07, 6.45) is 0.435. The SMILES string of the molecule is CC(C)(C)OC(=O)CCOCCOCCC(=O)OC(C)(C)C. The summed E-state index contributed by atoms with van der Waals surface area (Å²) in [5.74, 6) is -0.559. The average molecular weight is 318 g/mol. The highest BCUT2D eigenvalue weighted by molar-refractivity contribution is 5.70. The highest BCUT2D eigenvalue weighted by atomic mass is 16.6. The molecule has 0 amide bonds. The van der Waals surface area contributed by atoms with Crippen molar-refractivity contribution in [3.8, 4) is 0 Å². The second-order valence-electron chi connectivity index (χ2n) is 6.90. The van der Waals surface area contributed by atoms with Gasteiger partial charge in [0.1, 0.15) is 11.2 Å². The van der Waals surface area contributed by atoms with E-state index in [9.17, 15) is 9.59 Å². The first-order valence-corrected chi connectivity index (χ1v) is 7.59. The highest BCUT2D eigenvalue weighted by Crippen LogP contribution is 2.08. The summed E-state index contributed by atoms with van der Waals surface area (Å²) in [4.78, 5) is 22.8. The molecule has 0 aliphatic heterocycles. The fraction of sp³-hybridized carbons (Fsp3) is 0.875. The zero-order valence-corrected chi connectivity index (χ0v) is 14.7. The van der Waals surface area contributed by atoms with Crippen molar-refractivity contribution in [3.05, 3.63) is 0 Å². The molecule has 0 aromatic rings. The minimum Gasteiger partial charge on any atom is -0.460 e. The molecule has 0 spiro atoms. The van der Waals surface area contributed by atoms with E-state index < -0.39 is 11.2 Å². The van der Waals surface area contributed by atoms with Crippen LogP contribution in [-0.2, 0) is 28.5 Å². The first-order valence-electron chi connectivity index (χ1n) is 7.59. The van der Waals surface area contributed by atoms with E-state index >= 15 is 0 Å². The number of carbonyl (C=O) groups is 2. The van der Waals surface area contributed by atoms with Gasteiger partial charge in [-0.1, -0.05) is 0 Å². The van der Waals surface area contributed by atoms with Crippen LogP contribution in [0.15, 0.2) is 0 Å². The minimum absolute atomic E-state index is 0.217. The van der Waals surface area contributed by atoms with Crippen LogP contribution in [0, 0.1) is 0 Å². The zero-order valence-electron chi connectivity index (χ0n) is 14.7. The maximum Gasteiger partial charge on any atom is 0.308 e. The van der Waals surface area contributed by atoms with Gasteiger partial charge < -0.3 is 18.9 Å². The standard InChI is InChI=1S/C16H30O6/c1-15(2,3)21-13(17)7-9-19-11-12-20-10-8-14(18)22-16(4,5)6/h7-12H2,1-6H3. The average Bonchev–Trinajstić information content (AvgIpc) is 2.27. The topological polar surface area (TPSA) is 71.1 Å². The summed E-state index contributed by atoms with van der Waals surface area (Å²) in [7, 11) is 0. The van der Waals surface area contributed by atoms with Gasteiger partial charge >= 0.3 is 11.9 Å². The summed E-state index contributed by atoms with van der Waals surface area (Å²) in [6.45, 7) is 12.3. The largest absolute Gasteiger partial charge is 0.460 e. The molecular weight excluding hydrogens is 288 g/mol. The molecule has 0 aromatic carbocycles. The van der Waals surface area contributed by atoms with Crippen LogP contribution in [0.4, 0.5) is 0 Å². The quantitative estimate of drug-likeness (QED) is 0.480. The fourth-order valence-corrected chi connectivity index (χ4v) is 1.42. The first kappa shape index (κ1) is 20.9. The van der Waals surface area contributed by atoms with Crippen LogP contribution in [0.1, 0.15) is 54.4 Å². The van der Waals surface area contributed by atoms with Crippen molar-refractivity contribution >= 4 is 11.9 Å². The number of hydrogen-bond acceptors (Lipinski definition) is 6. The molecule has 130 valence electrons. The van der Waals surface area contributed by atoms with Crippen molar-refractivity contribution in [2.45, 2.75) is 65.6 Å². The van der Waals surface area contributed by atoms with Gasteiger partial charge in [0.05, 0.1) is 39.3 Å². The van der Waals surface area contributed by atoms with E-state index in [1.165, 1.54) is 0 Å². The minimum atomic E-state index is -0.470. The van der Waals surface area contributed by atoms with Gasteiger partial charge in [0.25, 0.3) is 0 Å². The van der Waals surface area contributed by atoms with E-state index in [0.29, 0.717) is 26.4 Å². The molecule has 6 heteroatoms. The summed E-state index contributed by atoms with van der Waals surface area (Å²) < 4.78 is 20.8. The lowest BCUT2D eigenvalue weighted by Gasteiger charge is -2.19. The third kappa shape index (κ3) is 15.3.